The fourth-order valence-corrected chi connectivity index (χ4v) is 3.87. The van der Waals surface area contributed by atoms with Crippen LogP contribution in [0.4, 0.5) is 10.8 Å². The molecule has 2 aromatic carbocycles. The predicted octanol–water partition coefficient (Wildman–Crippen LogP) is 3.60. The van der Waals surface area contributed by atoms with E-state index in [9.17, 15) is 9.59 Å². The molecule has 1 unspecified atom stereocenters. The van der Waals surface area contributed by atoms with Gasteiger partial charge in [0.15, 0.2) is 5.13 Å². The molecule has 1 fully saturated rings. The van der Waals surface area contributed by atoms with Gasteiger partial charge in [-0.05, 0) is 18.4 Å². The van der Waals surface area contributed by atoms with E-state index >= 15 is 0 Å². The van der Waals surface area contributed by atoms with Crippen molar-refractivity contribution in [3.63, 3.8) is 0 Å². The zero-order chi connectivity index (χ0) is 17.4. The van der Waals surface area contributed by atoms with Crippen LogP contribution in [0.5, 0.6) is 0 Å². The Labute approximate surface area is 149 Å². The maximum Gasteiger partial charge on any atom is 0.231 e. The summed E-state index contributed by atoms with van der Waals surface area (Å²) in [6.07, 6.45) is 0.222. The van der Waals surface area contributed by atoms with Crippen molar-refractivity contribution >= 4 is 44.7 Å². The first-order valence-electron chi connectivity index (χ1n) is 8.13. The molecule has 1 aliphatic rings. The van der Waals surface area contributed by atoms with E-state index < -0.39 is 0 Å². The third-order valence-corrected chi connectivity index (χ3v) is 5.28. The minimum absolute atomic E-state index is 0.0215. The van der Waals surface area contributed by atoms with Gasteiger partial charge >= 0.3 is 0 Å². The first-order chi connectivity index (χ1) is 12.1. The van der Waals surface area contributed by atoms with Crippen molar-refractivity contribution < 1.29 is 9.59 Å². The summed E-state index contributed by atoms with van der Waals surface area (Å²) in [5.74, 6) is -0.534. The highest BCUT2D eigenvalue weighted by atomic mass is 32.1. The second-order valence-corrected chi connectivity index (χ2v) is 7.05. The monoisotopic (exact) mass is 351 g/mol. The summed E-state index contributed by atoms with van der Waals surface area (Å²) in [4.78, 5) is 31.0. The quantitative estimate of drug-likeness (QED) is 0.784. The topological polar surface area (TPSA) is 62.3 Å². The number of aromatic nitrogens is 1. The van der Waals surface area contributed by atoms with Crippen LogP contribution in [0.2, 0.25) is 0 Å². The average Bonchev–Trinajstić information content (AvgIpc) is 3.20. The van der Waals surface area contributed by atoms with E-state index in [2.05, 4.69) is 10.3 Å². The van der Waals surface area contributed by atoms with Crippen LogP contribution in [0, 0.1) is 12.8 Å². The molecule has 2 amide bonds. The molecular formula is C19H17N3O2S. The van der Waals surface area contributed by atoms with Crippen molar-refractivity contribution in [1.29, 1.82) is 0 Å². The molecule has 1 N–H and O–H groups in total. The van der Waals surface area contributed by atoms with Gasteiger partial charge in [0.1, 0.15) is 0 Å². The van der Waals surface area contributed by atoms with Crippen LogP contribution in [0.25, 0.3) is 10.8 Å². The van der Waals surface area contributed by atoms with Gasteiger partial charge < -0.3 is 10.2 Å². The number of rotatable bonds is 3. The lowest BCUT2D eigenvalue weighted by molar-refractivity contribution is -0.122. The van der Waals surface area contributed by atoms with E-state index in [-0.39, 0.29) is 24.2 Å². The number of carbonyl (C=O) groups excluding carboxylic acids is 2. The van der Waals surface area contributed by atoms with Gasteiger partial charge in [-0.2, -0.15) is 0 Å². The van der Waals surface area contributed by atoms with Crippen molar-refractivity contribution in [3.8, 4) is 0 Å². The number of aryl methyl sites for hydroxylation is 1. The highest BCUT2D eigenvalue weighted by molar-refractivity contribution is 7.13. The lowest BCUT2D eigenvalue weighted by Gasteiger charge is -2.18. The SMILES string of the molecule is Cc1csc(NC(=O)C2CC(=O)N(c3cccc4ccccc34)C2)n1. The number of anilines is 2. The number of nitrogens with one attached hydrogen (secondary N) is 1. The van der Waals surface area contributed by atoms with E-state index in [0.717, 1.165) is 22.2 Å². The second kappa shape index (κ2) is 6.29. The van der Waals surface area contributed by atoms with Crippen LogP contribution in [0.1, 0.15) is 12.1 Å². The van der Waals surface area contributed by atoms with E-state index in [0.29, 0.717) is 11.7 Å². The summed E-state index contributed by atoms with van der Waals surface area (Å²) in [5.41, 5.74) is 1.74. The Morgan fingerprint density at radius 1 is 1.24 bits per heavy atom. The summed E-state index contributed by atoms with van der Waals surface area (Å²) in [6, 6.07) is 13.9. The fourth-order valence-electron chi connectivity index (χ4n) is 3.18. The molecule has 0 bridgehead atoms. The third-order valence-electron chi connectivity index (χ3n) is 4.40. The van der Waals surface area contributed by atoms with Crippen molar-refractivity contribution in [1.82, 2.24) is 4.98 Å². The average molecular weight is 351 g/mol. The summed E-state index contributed by atoms with van der Waals surface area (Å²) < 4.78 is 0. The van der Waals surface area contributed by atoms with Crippen LogP contribution in [-0.2, 0) is 9.59 Å². The number of hydrogen-bond acceptors (Lipinski definition) is 4. The Bertz CT molecular complexity index is 961. The molecule has 0 saturated carbocycles. The Hall–Kier alpha value is -2.73. The van der Waals surface area contributed by atoms with Gasteiger partial charge in [-0.15, -0.1) is 11.3 Å². The van der Waals surface area contributed by atoms with Crippen LogP contribution in [0.15, 0.2) is 47.8 Å². The van der Waals surface area contributed by atoms with Gasteiger partial charge in [0.2, 0.25) is 11.8 Å². The van der Waals surface area contributed by atoms with Crippen molar-refractivity contribution in [2.75, 3.05) is 16.8 Å². The number of nitrogens with zero attached hydrogens (tertiary/aromatic N) is 2. The van der Waals surface area contributed by atoms with Crippen LogP contribution in [-0.4, -0.2) is 23.3 Å². The zero-order valence-electron chi connectivity index (χ0n) is 13.7. The summed E-state index contributed by atoms with van der Waals surface area (Å²) in [5, 5.41) is 7.40. The molecule has 126 valence electrons. The third kappa shape index (κ3) is 3.00. The lowest BCUT2D eigenvalue weighted by atomic mass is 10.1. The van der Waals surface area contributed by atoms with E-state index in [4.69, 9.17) is 0 Å². The normalized spacial score (nSPS) is 17.2. The molecule has 1 saturated heterocycles. The minimum atomic E-state index is -0.365. The molecule has 3 aromatic rings. The van der Waals surface area contributed by atoms with E-state index in [1.165, 1.54) is 11.3 Å². The molecule has 6 heteroatoms. The Morgan fingerprint density at radius 3 is 2.84 bits per heavy atom. The molecule has 5 nitrogen and oxygen atoms in total. The zero-order valence-corrected chi connectivity index (χ0v) is 14.5. The molecule has 0 radical (unpaired) electrons. The van der Waals surface area contributed by atoms with Gasteiger partial charge in [-0.25, -0.2) is 4.98 Å². The largest absolute Gasteiger partial charge is 0.311 e. The molecule has 1 atom stereocenters. The lowest BCUT2D eigenvalue weighted by Crippen LogP contribution is -2.28. The summed E-state index contributed by atoms with van der Waals surface area (Å²) in [6.45, 7) is 2.27. The Morgan fingerprint density at radius 2 is 2.04 bits per heavy atom. The standard InChI is InChI=1S/C19H17N3O2S/c1-12-11-25-19(20-12)21-18(24)14-9-17(23)22(10-14)16-8-4-6-13-5-2-3-7-15(13)16/h2-8,11,14H,9-10H2,1H3,(H,20,21,24). The molecular weight excluding hydrogens is 334 g/mol. The minimum Gasteiger partial charge on any atom is -0.311 e. The van der Waals surface area contributed by atoms with E-state index in [1.807, 2.05) is 54.8 Å². The Kier molecular flexibility index (Phi) is 3.97. The second-order valence-electron chi connectivity index (χ2n) is 6.19. The number of benzene rings is 2. The van der Waals surface area contributed by atoms with Gasteiger partial charge in [0.25, 0.3) is 0 Å². The first kappa shape index (κ1) is 15.8. The van der Waals surface area contributed by atoms with E-state index in [1.54, 1.807) is 4.90 Å². The molecule has 0 spiro atoms. The van der Waals surface area contributed by atoms with Gasteiger partial charge in [0, 0.05) is 23.7 Å². The van der Waals surface area contributed by atoms with Gasteiger partial charge in [0.05, 0.1) is 17.3 Å². The fraction of sp³-hybridized carbons (Fsp3) is 0.211. The predicted molar refractivity (Wildman–Crippen MR) is 99.9 cm³/mol. The van der Waals surface area contributed by atoms with Crippen molar-refractivity contribution in [2.24, 2.45) is 5.92 Å². The van der Waals surface area contributed by atoms with Crippen LogP contribution < -0.4 is 10.2 Å². The molecule has 1 aliphatic heterocycles. The smallest absolute Gasteiger partial charge is 0.231 e. The maximum atomic E-state index is 12.5. The molecule has 4 rings (SSSR count). The molecule has 2 heterocycles. The van der Waals surface area contributed by atoms with Crippen LogP contribution in [0.3, 0.4) is 0 Å². The highest BCUT2D eigenvalue weighted by Gasteiger charge is 2.35. The molecule has 0 aliphatic carbocycles. The van der Waals surface area contributed by atoms with Crippen molar-refractivity contribution in [2.45, 2.75) is 13.3 Å². The summed E-state index contributed by atoms with van der Waals surface area (Å²) >= 11 is 1.39. The summed E-state index contributed by atoms with van der Waals surface area (Å²) in [7, 11) is 0. The molecule has 1 aromatic heterocycles. The number of fused-ring (bicyclic) bond motifs is 1. The van der Waals surface area contributed by atoms with Gasteiger partial charge in [-0.1, -0.05) is 36.4 Å². The maximum absolute atomic E-state index is 12.5. The van der Waals surface area contributed by atoms with Gasteiger partial charge in [-0.3, -0.25) is 9.59 Å². The molecule has 25 heavy (non-hydrogen) atoms. The van der Waals surface area contributed by atoms with Crippen molar-refractivity contribution in [3.05, 3.63) is 53.5 Å². The number of carbonyl (C=O) groups is 2. The number of amides is 2. The Balaban J connectivity index is 1.56. The number of hydrogen-bond donors (Lipinski definition) is 1. The first-order valence-corrected chi connectivity index (χ1v) is 9.01. The van der Waals surface area contributed by atoms with Crippen LogP contribution >= 0.6 is 11.3 Å². The highest BCUT2D eigenvalue weighted by Crippen LogP contribution is 2.32. The number of thiazole rings is 1.